The van der Waals surface area contributed by atoms with Gasteiger partial charge in [0.1, 0.15) is 5.76 Å². The van der Waals surface area contributed by atoms with Crippen molar-refractivity contribution in [2.75, 3.05) is 26.7 Å². The lowest BCUT2D eigenvalue weighted by Crippen LogP contribution is -2.46. The van der Waals surface area contributed by atoms with Gasteiger partial charge in [-0.25, -0.2) is 0 Å². The molecule has 0 aliphatic carbocycles. The fourth-order valence-corrected chi connectivity index (χ4v) is 3.79. The zero-order valence-electron chi connectivity index (χ0n) is 16.6. The van der Waals surface area contributed by atoms with Crippen LogP contribution in [0.15, 0.2) is 39.8 Å². The van der Waals surface area contributed by atoms with Crippen LogP contribution in [-0.4, -0.2) is 42.7 Å². The quantitative estimate of drug-likeness (QED) is 0.398. The van der Waals surface area contributed by atoms with E-state index in [2.05, 4.69) is 50.7 Å². The van der Waals surface area contributed by atoms with Gasteiger partial charge in [-0.3, -0.25) is 4.99 Å². The van der Waals surface area contributed by atoms with Gasteiger partial charge < -0.3 is 14.7 Å². The number of aryl methyl sites for hydroxylation is 2. The van der Waals surface area contributed by atoms with Crippen LogP contribution in [0.2, 0.25) is 0 Å². The molecule has 27 heavy (non-hydrogen) atoms. The first-order chi connectivity index (χ1) is 12.7. The maximum Gasteiger partial charge on any atom is 0.193 e. The first kappa shape index (κ1) is 21.7. The van der Waals surface area contributed by atoms with E-state index in [0.29, 0.717) is 0 Å². The maximum absolute atomic E-state index is 5.24. The minimum atomic E-state index is 0. The third-order valence-corrected chi connectivity index (χ3v) is 5.33. The van der Waals surface area contributed by atoms with Crippen molar-refractivity contribution in [3.8, 4) is 0 Å². The number of guanidine groups is 1. The topological polar surface area (TPSA) is 53.7 Å². The molecule has 1 aromatic heterocycles. The molecule has 1 aliphatic rings. The molecular weight excluding hydrogens is 451 g/mol. The molecule has 0 unspecified atom stereocenters. The van der Waals surface area contributed by atoms with E-state index in [4.69, 9.17) is 4.52 Å². The van der Waals surface area contributed by atoms with E-state index in [-0.39, 0.29) is 24.0 Å². The van der Waals surface area contributed by atoms with Gasteiger partial charge in [0, 0.05) is 32.2 Å². The third-order valence-electron chi connectivity index (χ3n) is 5.33. The van der Waals surface area contributed by atoms with Crippen LogP contribution in [0.5, 0.6) is 0 Å². The van der Waals surface area contributed by atoms with E-state index in [1.54, 1.807) is 0 Å². The van der Waals surface area contributed by atoms with Gasteiger partial charge in [-0.05, 0) is 51.0 Å². The molecule has 1 fully saturated rings. The molecule has 6 heteroatoms. The summed E-state index contributed by atoms with van der Waals surface area (Å²) in [5.74, 6) is 2.70. The van der Waals surface area contributed by atoms with Crippen molar-refractivity contribution in [1.29, 1.82) is 0 Å². The normalized spacial score (nSPS) is 15.5. The summed E-state index contributed by atoms with van der Waals surface area (Å²) in [5.41, 5.74) is 3.64. The first-order valence-electron chi connectivity index (χ1n) is 9.58. The largest absolute Gasteiger partial charge is 0.361 e. The van der Waals surface area contributed by atoms with Crippen LogP contribution >= 0.6 is 24.0 Å². The second kappa shape index (κ2) is 10.7. The standard InChI is InChI=1S/C21H30N4O.HI/c1-16-20(17(2)26-24-16)9-12-23-21(22-3)25-13-10-19(11-14-25)15-18-7-5-4-6-8-18;/h4-8,19H,9-15H2,1-3H3,(H,22,23);1H. The Balaban J connectivity index is 0.00000261. The first-order valence-corrected chi connectivity index (χ1v) is 9.58. The molecule has 1 aliphatic heterocycles. The van der Waals surface area contributed by atoms with Gasteiger partial charge in [0.05, 0.1) is 5.69 Å². The Bertz CT molecular complexity index is 702. The minimum absolute atomic E-state index is 0. The average molecular weight is 482 g/mol. The predicted molar refractivity (Wildman–Crippen MR) is 121 cm³/mol. The Hall–Kier alpha value is -1.57. The highest BCUT2D eigenvalue weighted by molar-refractivity contribution is 14.0. The Morgan fingerprint density at radius 3 is 2.52 bits per heavy atom. The lowest BCUT2D eigenvalue weighted by Gasteiger charge is -2.34. The van der Waals surface area contributed by atoms with Gasteiger partial charge in [-0.1, -0.05) is 35.5 Å². The molecule has 0 atom stereocenters. The lowest BCUT2D eigenvalue weighted by molar-refractivity contribution is 0.259. The van der Waals surface area contributed by atoms with Crippen LogP contribution < -0.4 is 5.32 Å². The lowest BCUT2D eigenvalue weighted by atomic mass is 9.90. The number of piperidine rings is 1. The number of likely N-dealkylation sites (tertiary alicyclic amines) is 1. The molecule has 0 radical (unpaired) electrons. The predicted octanol–water partition coefficient (Wildman–Crippen LogP) is 3.98. The van der Waals surface area contributed by atoms with E-state index in [1.165, 1.54) is 30.4 Å². The second-order valence-electron chi connectivity index (χ2n) is 7.15. The molecule has 0 bridgehead atoms. The highest BCUT2D eigenvalue weighted by atomic mass is 127. The molecule has 0 amide bonds. The van der Waals surface area contributed by atoms with E-state index in [9.17, 15) is 0 Å². The third kappa shape index (κ3) is 5.96. The van der Waals surface area contributed by atoms with Gasteiger partial charge in [0.25, 0.3) is 0 Å². The number of hydrogen-bond donors (Lipinski definition) is 1. The Labute approximate surface area is 179 Å². The van der Waals surface area contributed by atoms with Gasteiger partial charge in [0.15, 0.2) is 5.96 Å². The Kier molecular flexibility index (Phi) is 8.60. The summed E-state index contributed by atoms with van der Waals surface area (Å²) < 4.78 is 5.24. The number of benzene rings is 1. The fraction of sp³-hybridized carbons (Fsp3) is 0.524. The number of halogens is 1. The van der Waals surface area contributed by atoms with Gasteiger partial charge in [-0.2, -0.15) is 0 Å². The number of nitrogens with one attached hydrogen (secondary N) is 1. The van der Waals surface area contributed by atoms with Crippen molar-refractivity contribution in [2.24, 2.45) is 10.9 Å². The molecule has 0 spiro atoms. The zero-order chi connectivity index (χ0) is 18.4. The van der Waals surface area contributed by atoms with Gasteiger partial charge in [-0.15, -0.1) is 24.0 Å². The molecule has 1 saturated heterocycles. The van der Waals surface area contributed by atoms with Crippen LogP contribution in [0.3, 0.4) is 0 Å². The Morgan fingerprint density at radius 1 is 1.22 bits per heavy atom. The number of nitrogens with zero attached hydrogens (tertiary/aromatic N) is 3. The summed E-state index contributed by atoms with van der Waals surface area (Å²) in [6.07, 6.45) is 4.54. The maximum atomic E-state index is 5.24. The summed E-state index contributed by atoms with van der Waals surface area (Å²) in [7, 11) is 1.87. The highest BCUT2D eigenvalue weighted by Gasteiger charge is 2.21. The van der Waals surface area contributed by atoms with Crippen molar-refractivity contribution < 1.29 is 4.52 Å². The van der Waals surface area contributed by atoms with Crippen molar-refractivity contribution >= 4 is 29.9 Å². The molecule has 1 aromatic carbocycles. The van der Waals surface area contributed by atoms with Crippen LogP contribution in [-0.2, 0) is 12.8 Å². The van der Waals surface area contributed by atoms with E-state index in [0.717, 1.165) is 49.4 Å². The summed E-state index contributed by atoms with van der Waals surface area (Å²) in [6, 6.07) is 10.8. The molecule has 1 N–H and O–H groups in total. The summed E-state index contributed by atoms with van der Waals surface area (Å²) in [5, 5.41) is 7.53. The molecule has 2 heterocycles. The van der Waals surface area contributed by atoms with Gasteiger partial charge in [0.2, 0.25) is 0 Å². The molecule has 148 valence electrons. The molecule has 2 aromatic rings. The second-order valence-corrected chi connectivity index (χ2v) is 7.15. The number of aliphatic imine (C=N–C) groups is 1. The number of aromatic nitrogens is 1. The van der Waals surface area contributed by atoms with E-state index >= 15 is 0 Å². The van der Waals surface area contributed by atoms with Crippen LogP contribution in [0.4, 0.5) is 0 Å². The van der Waals surface area contributed by atoms with Crippen molar-refractivity contribution in [2.45, 2.75) is 39.5 Å². The molecule has 3 rings (SSSR count). The molecule has 5 nitrogen and oxygen atoms in total. The number of rotatable bonds is 5. The summed E-state index contributed by atoms with van der Waals surface area (Å²) in [6.45, 7) is 6.96. The zero-order valence-corrected chi connectivity index (χ0v) is 18.9. The van der Waals surface area contributed by atoms with E-state index in [1.807, 2.05) is 20.9 Å². The fourth-order valence-electron chi connectivity index (χ4n) is 3.79. The summed E-state index contributed by atoms with van der Waals surface area (Å²) >= 11 is 0. The van der Waals surface area contributed by atoms with Gasteiger partial charge >= 0.3 is 0 Å². The monoisotopic (exact) mass is 482 g/mol. The van der Waals surface area contributed by atoms with Crippen molar-refractivity contribution in [3.05, 3.63) is 52.9 Å². The Morgan fingerprint density at radius 2 is 1.93 bits per heavy atom. The van der Waals surface area contributed by atoms with E-state index < -0.39 is 0 Å². The SMILES string of the molecule is CN=C(NCCc1c(C)noc1C)N1CCC(Cc2ccccc2)CC1.I. The highest BCUT2D eigenvalue weighted by Crippen LogP contribution is 2.21. The molecular formula is C21H31IN4O. The smallest absolute Gasteiger partial charge is 0.193 e. The number of hydrogen-bond acceptors (Lipinski definition) is 3. The van der Waals surface area contributed by atoms with Crippen LogP contribution in [0, 0.1) is 19.8 Å². The average Bonchev–Trinajstić information content (AvgIpc) is 2.99. The van der Waals surface area contributed by atoms with Crippen molar-refractivity contribution in [1.82, 2.24) is 15.4 Å². The summed E-state index contributed by atoms with van der Waals surface area (Å²) in [4.78, 5) is 6.86. The van der Waals surface area contributed by atoms with Crippen molar-refractivity contribution in [3.63, 3.8) is 0 Å². The van der Waals surface area contributed by atoms with Crippen LogP contribution in [0.1, 0.15) is 35.4 Å². The minimum Gasteiger partial charge on any atom is -0.361 e. The van der Waals surface area contributed by atoms with Crippen LogP contribution in [0.25, 0.3) is 0 Å². The molecule has 0 saturated carbocycles.